The van der Waals surface area contributed by atoms with Crippen molar-refractivity contribution in [3.63, 3.8) is 0 Å². The van der Waals surface area contributed by atoms with E-state index in [0.717, 1.165) is 16.3 Å². The molecule has 18 heavy (non-hydrogen) atoms. The third kappa shape index (κ3) is 2.50. The van der Waals surface area contributed by atoms with E-state index in [-0.39, 0.29) is 6.04 Å². The van der Waals surface area contributed by atoms with E-state index in [1.807, 2.05) is 18.2 Å². The first-order valence-corrected chi connectivity index (χ1v) is 6.92. The minimum Gasteiger partial charge on any atom is -0.496 e. The van der Waals surface area contributed by atoms with Gasteiger partial charge in [0.15, 0.2) is 0 Å². The summed E-state index contributed by atoms with van der Waals surface area (Å²) < 4.78 is 5.41. The highest BCUT2D eigenvalue weighted by Crippen LogP contribution is 2.49. The van der Waals surface area contributed by atoms with Gasteiger partial charge in [-0.3, -0.25) is 0 Å². The lowest BCUT2D eigenvalue weighted by molar-refractivity contribution is 0.219. The van der Waals surface area contributed by atoms with Crippen molar-refractivity contribution in [2.24, 2.45) is 17.1 Å². The molecule has 2 rings (SSSR count). The molecule has 1 aliphatic carbocycles. The standard InChI is InChI=1S/C15H22ClNO/c1-15(2)8-4-5-12(15)14(17)11-9-10(16)6-7-13(11)18-3/h6-7,9,12,14H,4-5,8,17H2,1-3H3. The summed E-state index contributed by atoms with van der Waals surface area (Å²) in [5, 5.41) is 0.719. The van der Waals surface area contributed by atoms with Crippen LogP contribution in [0.25, 0.3) is 0 Å². The Morgan fingerprint density at radius 2 is 2.17 bits per heavy atom. The Labute approximate surface area is 114 Å². The second kappa shape index (κ2) is 5.10. The number of halogens is 1. The Balaban J connectivity index is 2.33. The number of nitrogens with two attached hydrogens (primary N) is 1. The van der Waals surface area contributed by atoms with Crippen LogP contribution in [0, 0.1) is 11.3 Å². The van der Waals surface area contributed by atoms with Gasteiger partial charge < -0.3 is 10.5 Å². The van der Waals surface area contributed by atoms with Gasteiger partial charge in [-0.2, -0.15) is 0 Å². The molecule has 0 amide bonds. The van der Waals surface area contributed by atoms with Crippen LogP contribution in [-0.2, 0) is 0 Å². The molecule has 2 unspecified atom stereocenters. The summed E-state index contributed by atoms with van der Waals surface area (Å²) in [6.07, 6.45) is 3.69. The van der Waals surface area contributed by atoms with Crippen molar-refractivity contribution in [2.45, 2.75) is 39.2 Å². The molecule has 2 nitrogen and oxygen atoms in total. The number of rotatable bonds is 3. The van der Waals surface area contributed by atoms with E-state index in [1.165, 1.54) is 19.3 Å². The molecule has 0 radical (unpaired) electrons. The molecule has 0 heterocycles. The predicted molar refractivity (Wildman–Crippen MR) is 76.1 cm³/mol. The van der Waals surface area contributed by atoms with E-state index in [0.29, 0.717) is 11.3 Å². The van der Waals surface area contributed by atoms with Gasteiger partial charge >= 0.3 is 0 Å². The fourth-order valence-corrected chi connectivity index (χ4v) is 3.38. The summed E-state index contributed by atoms with van der Waals surface area (Å²) in [7, 11) is 1.68. The second-order valence-electron chi connectivity index (χ2n) is 5.90. The molecule has 1 saturated carbocycles. The van der Waals surface area contributed by atoms with Crippen LogP contribution < -0.4 is 10.5 Å². The molecule has 0 bridgehead atoms. The average Bonchev–Trinajstić information content (AvgIpc) is 2.68. The van der Waals surface area contributed by atoms with Crippen LogP contribution in [-0.4, -0.2) is 7.11 Å². The molecule has 0 aliphatic heterocycles. The van der Waals surface area contributed by atoms with Crippen molar-refractivity contribution in [3.8, 4) is 5.75 Å². The maximum atomic E-state index is 6.48. The predicted octanol–water partition coefficient (Wildman–Crippen LogP) is 4.17. The minimum absolute atomic E-state index is 0.00356. The lowest BCUT2D eigenvalue weighted by atomic mass is 9.75. The van der Waals surface area contributed by atoms with Gasteiger partial charge in [0, 0.05) is 16.6 Å². The molecule has 2 N–H and O–H groups in total. The molecule has 1 aliphatic rings. The molecule has 2 atom stereocenters. The zero-order valence-electron chi connectivity index (χ0n) is 11.4. The van der Waals surface area contributed by atoms with Crippen molar-refractivity contribution in [1.82, 2.24) is 0 Å². The van der Waals surface area contributed by atoms with Crippen LogP contribution >= 0.6 is 11.6 Å². The zero-order valence-corrected chi connectivity index (χ0v) is 12.1. The van der Waals surface area contributed by atoms with E-state index in [4.69, 9.17) is 22.1 Å². The smallest absolute Gasteiger partial charge is 0.123 e. The Bertz CT molecular complexity index is 431. The Kier molecular flexibility index (Phi) is 3.88. The summed E-state index contributed by atoms with van der Waals surface area (Å²) in [6, 6.07) is 5.69. The summed E-state index contributed by atoms with van der Waals surface area (Å²) in [6.45, 7) is 4.61. The molecule has 3 heteroatoms. The monoisotopic (exact) mass is 267 g/mol. The molecule has 1 aromatic carbocycles. The number of benzene rings is 1. The highest BCUT2D eigenvalue weighted by molar-refractivity contribution is 6.30. The van der Waals surface area contributed by atoms with Crippen molar-refractivity contribution in [3.05, 3.63) is 28.8 Å². The van der Waals surface area contributed by atoms with E-state index < -0.39 is 0 Å². The summed E-state index contributed by atoms with van der Waals surface area (Å²) in [4.78, 5) is 0. The molecule has 0 aromatic heterocycles. The van der Waals surface area contributed by atoms with E-state index in [9.17, 15) is 0 Å². The fourth-order valence-electron chi connectivity index (χ4n) is 3.20. The number of ether oxygens (including phenoxy) is 1. The van der Waals surface area contributed by atoms with Crippen LogP contribution in [0.3, 0.4) is 0 Å². The molecule has 0 saturated heterocycles. The van der Waals surface area contributed by atoms with Gasteiger partial charge in [0.2, 0.25) is 0 Å². The molecule has 1 fully saturated rings. The van der Waals surface area contributed by atoms with Gasteiger partial charge in [0.25, 0.3) is 0 Å². The van der Waals surface area contributed by atoms with Crippen molar-refractivity contribution in [1.29, 1.82) is 0 Å². The Morgan fingerprint density at radius 3 is 2.72 bits per heavy atom. The topological polar surface area (TPSA) is 35.2 Å². The van der Waals surface area contributed by atoms with Crippen LogP contribution in [0.1, 0.15) is 44.7 Å². The molecule has 1 aromatic rings. The maximum absolute atomic E-state index is 6.48. The van der Waals surface area contributed by atoms with Gasteiger partial charge in [0.1, 0.15) is 5.75 Å². The normalized spacial score (nSPS) is 23.9. The molecular formula is C15H22ClNO. The number of hydrogen-bond acceptors (Lipinski definition) is 2. The Morgan fingerprint density at radius 1 is 1.44 bits per heavy atom. The van der Waals surface area contributed by atoms with Crippen molar-refractivity contribution >= 4 is 11.6 Å². The van der Waals surface area contributed by atoms with Crippen LogP contribution in [0.4, 0.5) is 0 Å². The highest BCUT2D eigenvalue weighted by atomic mass is 35.5. The summed E-state index contributed by atoms with van der Waals surface area (Å²) in [5.41, 5.74) is 7.81. The average molecular weight is 268 g/mol. The third-order valence-corrected chi connectivity index (χ3v) is 4.56. The Hall–Kier alpha value is -0.730. The lowest BCUT2D eigenvalue weighted by Gasteiger charge is -2.32. The number of hydrogen-bond donors (Lipinski definition) is 1. The third-order valence-electron chi connectivity index (χ3n) is 4.32. The SMILES string of the molecule is COc1ccc(Cl)cc1C(N)C1CCCC1(C)C. The first kappa shape index (κ1) is 13.7. The van der Waals surface area contributed by atoms with E-state index in [2.05, 4.69) is 13.8 Å². The lowest BCUT2D eigenvalue weighted by Crippen LogP contribution is -2.29. The highest BCUT2D eigenvalue weighted by Gasteiger charge is 2.39. The quantitative estimate of drug-likeness (QED) is 0.892. The van der Waals surface area contributed by atoms with Crippen LogP contribution in [0.2, 0.25) is 5.02 Å². The maximum Gasteiger partial charge on any atom is 0.123 e. The molecule has 100 valence electrons. The van der Waals surface area contributed by atoms with Crippen molar-refractivity contribution in [2.75, 3.05) is 7.11 Å². The van der Waals surface area contributed by atoms with Crippen LogP contribution in [0.5, 0.6) is 5.75 Å². The first-order valence-electron chi connectivity index (χ1n) is 6.55. The fraction of sp³-hybridized carbons (Fsp3) is 0.600. The van der Waals surface area contributed by atoms with Gasteiger partial charge in [-0.15, -0.1) is 0 Å². The van der Waals surface area contributed by atoms with Gasteiger partial charge in [-0.05, 0) is 42.4 Å². The second-order valence-corrected chi connectivity index (χ2v) is 6.34. The zero-order chi connectivity index (χ0) is 13.3. The number of methoxy groups -OCH3 is 1. The van der Waals surface area contributed by atoms with E-state index in [1.54, 1.807) is 7.11 Å². The minimum atomic E-state index is -0.00356. The molecule has 0 spiro atoms. The first-order chi connectivity index (χ1) is 8.45. The summed E-state index contributed by atoms with van der Waals surface area (Å²) >= 11 is 6.08. The van der Waals surface area contributed by atoms with Crippen molar-refractivity contribution < 1.29 is 4.74 Å². The van der Waals surface area contributed by atoms with Crippen LogP contribution in [0.15, 0.2) is 18.2 Å². The van der Waals surface area contributed by atoms with Gasteiger partial charge in [-0.25, -0.2) is 0 Å². The summed E-state index contributed by atoms with van der Waals surface area (Å²) in [5.74, 6) is 1.33. The van der Waals surface area contributed by atoms with E-state index >= 15 is 0 Å². The molecular weight excluding hydrogens is 246 g/mol. The van der Waals surface area contributed by atoms with Gasteiger partial charge in [0.05, 0.1) is 7.11 Å². The largest absolute Gasteiger partial charge is 0.496 e. The van der Waals surface area contributed by atoms with Gasteiger partial charge in [-0.1, -0.05) is 31.9 Å².